The summed E-state index contributed by atoms with van der Waals surface area (Å²) in [4.78, 5) is 0. The van der Waals surface area contributed by atoms with Crippen LogP contribution in [0.3, 0.4) is 0 Å². The van der Waals surface area contributed by atoms with E-state index in [1.165, 1.54) is 16.7 Å². The molecular weight excluding hydrogens is 285 g/mol. The van der Waals surface area contributed by atoms with Crippen molar-refractivity contribution in [2.45, 2.75) is 40.0 Å². The van der Waals surface area contributed by atoms with Crippen molar-refractivity contribution in [3.8, 4) is 0 Å². The second kappa shape index (κ2) is 6.27. The van der Waals surface area contributed by atoms with E-state index >= 15 is 0 Å². The van der Waals surface area contributed by atoms with Gasteiger partial charge in [0.1, 0.15) is 0 Å². The van der Waals surface area contributed by atoms with Crippen LogP contribution in [-0.4, -0.2) is 0 Å². The van der Waals surface area contributed by atoms with Crippen LogP contribution in [0.2, 0.25) is 0 Å². The summed E-state index contributed by atoms with van der Waals surface area (Å²) in [6.45, 7) is 6.57. The second-order valence-corrected chi connectivity index (χ2v) is 3.33. The fourth-order valence-electron chi connectivity index (χ4n) is 1.95. The summed E-state index contributed by atoms with van der Waals surface area (Å²) in [5.41, 5.74) is 11.2. The summed E-state index contributed by atoms with van der Waals surface area (Å²) >= 11 is 0. The molecule has 0 saturated carbocycles. The van der Waals surface area contributed by atoms with Crippen LogP contribution in [0.15, 0.2) is 12.1 Å². The van der Waals surface area contributed by atoms with Crippen molar-refractivity contribution < 1.29 is 0 Å². The van der Waals surface area contributed by atoms with Gasteiger partial charge in [-0.15, -0.1) is 24.0 Å². The van der Waals surface area contributed by atoms with Crippen LogP contribution in [0.4, 0.5) is 5.69 Å². The maximum atomic E-state index is 5.93. The molecule has 0 bridgehead atoms. The zero-order chi connectivity index (χ0) is 9.84. The molecule has 0 aliphatic rings. The highest BCUT2D eigenvalue weighted by Gasteiger charge is 2.06. The standard InChI is InChI=1S/C12H19N.HI/c1-4-9-7-8-12(13)11(6-3)10(9)5-2;/h7-8H,4-6,13H2,1-3H3;1H. The van der Waals surface area contributed by atoms with Gasteiger partial charge in [0, 0.05) is 5.69 Å². The zero-order valence-electron chi connectivity index (χ0n) is 9.26. The number of nitrogens with two attached hydrogens (primary N) is 1. The van der Waals surface area contributed by atoms with Gasteiger partial charge in [-0.1, -0.05) is 26.8 Å². The molecule has 1 rings (SSSR count). The third-order valence-corrected chi connectivity index (χ3v) is 2.65. The van der Waals surface area contributed by atoms with E-state index < -0.39 is 0 Å². The second-order valence-electron chi connectivity index (χ2n) is 3.33. The van der Waals surface area contributed by atoms with Crippen LogP contribution < -0.4 is 5.73 Å². The lowest BCUT2D eigenvalue weighted by Crippen LogP contribution is -2.02. The van der Waals surface area contributed by atoms with Crippen LogP contribution in [-0.2, 0) is 19.3 Å². The molecule has 14 heavy (non-hydrogen) atoms. The summed E-state index contributed by atoms with van der Waals surface area (Å²) in [6, 6.07) is 4.20. The molecule has 1 aromatic rings. The summed E-state index contributed by atoms with van der Waals surface area (Å²) in [5.74, 6) is 0. The van der Waals surface area contributed by atoms with E-state index in [0.717, 1.165) is 24.9 Å². The molecule has 1 aromatic carbocycles. The molecular formula is C12H20IN. The highest BCUT2D eigenvalue weighted by molar-refractivity contribution is 14.0. The van der Waals surface area contributed by atoms with Crippen molar-refractivity contribution >= 4 is 29.7 Å². The molecule has 0 aromatic heterocycles. The Kier molecular flexibility index (Phi) is 6.16. The van der Waals surface area contributed by atoms with Crippen LogP contribution in [0, 0.1) is 0 Å². The highest BCUT2D eigenvalue weighted by Crippen LogP contribution is 2.22. The van der Waals surface area contributed by atoms with Gasteiger partial charge in [-0.3, -0.25) is 0 Å². The Morgan fingerprint density at radius 2 is 1.50 bits per heavy atom. The van der Waals surface area contributed by atoms with Crippen LogP contribution in [0.25, 0.3) is 0 Å². The van der Waals surface area contributed by atoms with Crippen molar-refractivity contribution in [3.63, 3.8) is 0 Å². The van der Waals surface area contributed by atoms with Gasteiger partial charge >= 0.3 is 0 Å². The third kappa shape index (κ3) is 2.62. The van der Waals surface area contributed by atoms with E-state index in [1.54, 1.807) is 0 Å². The quantitative estimate of drug-likeness (QED) is 0.670. The third-order valence-electron chi connectivity index (χ3n) is 2.65. The minimum atomic E-state index is 0. The molecule has 0 aliphatic carbocycles. The monoisotopic (exact) mass is 305 g/mol. The van der Waals surface area contributed by atoms with Gasteiger partial charge in [0.25, 0.3) is 0 Å². The lowest BCUT2D eigenvalue weighted by Gasteiger charge is -2.13. The number of halogens is 1. The van der Waals surface area contributed by atoms with Gasteiger partial charge in [-0.05, 0) is 42.0 Å². The van der Waals surface area contributed by atoms with Crippen LogP contribution in [0.5, 0.6) is 0 Å². The van der Waals surface area contributed by atoms with Gasteiger partial charge in [0.05, 0.1) is 0 Å². The van der Waals surface area contributed by atoms with Crippen LogP contribution in [0.1, 0.15) is 37.5 Å². The first-order valence-electron chi connectivity index (χ1n) is 5.13. The van der Waals surface area contributed by atoms with Crippen molar-refractivity contribution in [2.24, 2.45) is 0 Å². The van der Waals surface area contributed by atoms with Gasteiger partial charge < -0.3 is 5.73 Å². The molecule has 0 saturated heterocycles. The van der Waals surface area contributed by atoms with E-state index in [4.69, 9.17) is 5.73 Å². The molecule has 0 unspecified atom stereocenters. The Morgan fingerprint density at radius 3 is 1.93 bits per heavy atom. The number of benzene rings is 1. The summed E-state index contributed by atoms with van der Waals surface area (Å²) in [6.07, 6.45) is 3.25. The molecule has 0 aliphatic heterocycles. The maximum absolute atomic E-state index is 5.93. The normalized spacial score (nSPS) is 9.64. The van der Waals surface area contributed by atoms with Crippen molar-refractivity contribution in [1.82, 2.24) is 0 Å². The SMILES string of the molecule is CCc1ccc(N)c(CC)c1CC.I. The molecule has 0 fully saturated rings. The summed E-state index contributed by atoms with van der Waals surface area (Å²) in [7, 11) is 0. The molecule has 0 amide bonds. The van der Waals surface area contributed by atoms with Crippen molar-refractivity contribution in [1.29, 1.82) is 0 Å². The minimum Gasteiger partial charge on any atom is -0.398 e. The molecule has 1 nitrogen and oxygen atoms in total. The Labute approximate surface area is 104 Å². The average molecular weight is 305 g/mol. The number of hydrogen-bond donors (Lipinski definition) is 1. The molecule has 80 valence electrons. The fraction of sp³-hybridized carbons (Fsp3) is 0.500. The Bertz CT molecular complexity index is 295. The first-order chi connectivity index (χ1) is 6.24. The van der Waals surface area contributed by atoms with Crippen molar-refractivity contribution in [2.75, 3.05) is 5.73 Å². The number of anilines is 1. The molecule has 0 spiro atoms. The number of aryl methyl sites for hydroxylation is 1. The molecule has 0 radical (unpaired) electrons. The van der Waals surface area contributed by atoms with E-state index in [1.807, 2.05) is 6.07 Å². The van der Waals surface area contributed by atoms with E-state index in [9.17, 15) is 0 Å². The molecule has 0 atom stereocenters. The average Bonchev–Trinajstić information content (AvgIpc) is 2.17. The summed E-state index contributed by atoms with van der Waals surface area (Å²) in [5, 5.41) is 0. The Balaban J connectivity index is 0.00000169. The minimum absolute atomic E-state index is 0. The predicted molar refractivity (Wildman–Crippen MR) is 74.4 cm³/mol. The number of hydrogen-bond acceptors (Lipinski definition) is 1. The number of nitrogen functional groups attached to an aromatic ring is 1. The van der Waals surface area contributed by atoms with E-state index in [-0.39, 0.29) is 24.0 Å². The fourth-order valence-corrected chi connectivity index (χ4v) is 1.95. The molecule has 2 N–H and O–H groups in total. The zero-order valence-corrected chi connectivity index (χ0v) is 11.6. The van der Waals surface area contributed by atoms with E-state index in [2.05, 4.69) is 26.8 Å². The maximum Gasteiger partial charge on any atom is 0.0349 e. The topological polar surface area (TPSA) is 26.0 Å². The molecule has 2 heteroatoms. The highest BCUT2D eigenvalue weighted by atomic mass is 127. The van der Waals surface area contributed by atoms with Gasteiger partial charge in [-0.2, -0.15) is 0 Å². The van der Waals surface area contributed by atoms with Gasteiger partial charge in [0.15, 0.2) is 0 Å². The Hall–Kier alpha value is -0.250. The largest absolute Gasteiger partial charge is 0.398 e. The Morgan fingerprint density at radius 1 is 0.929 bits per heavy atom. The lowest BCUT2D eigenvalue weighted by molar-refractivity contribution is 0.984. The van der Waals surface area contributed by atoms with Gasteiger partial charge in [-0.25, -0.2) is 0 Å². The molecule has 0 heterocycles. The smallest absolute Gasteiger partial charge is 0.0349 e. The van der Waals surface area contributed by atoms with Gasteiger partial charge in [0.2, 0.25) is 0 Å². The summed E-state index contributed by atoms with van der Waals surface area (Å²) < 4.78 is 0. The van der Waals surface area contributed by atoms with Crippen molar-refractivity contribution in [3.05, 3.63) is 28.8 Å². The number of rotatable bonds is 3. The first kappa shape index (κ1) is 13.8. The predicted octanol–water partition coefficient (Wildman–Crippen LogP) is 3.57. The lowest BCUT2D eigenvalue weighted by atomic mass is 9.94. The van der Waals surface area contributed by atoms with E-state index in [0.29, 0.717) is 0 Å². The van der Waals surface area contributed by atoms with Crippen LogP contribution >= 0.6 is 24.0 Å². The first-order valence-corrected chi connectivity index (χ1v) is 5.13.